The van der Waals surface area contributed by atoms with Gasteiger partial charge in [-0.15, -0.1) is 0 Å². The molecule has 0 aromatic rings. The minimum absolute atomic E-state index is 0. The van der Waals surface area contributed by atoms with Crippen LogP contribution in [0.4, 0.5) is 0 Å². The van der Waals surface area contributed by atoms with E-state index >= 15 is 0 Å². The minimum atomic E-state index is 0. The molecule has 0 fully saturated rings. The van der Waals surface area contributed by atoms with E-state index in [0.717, 1.165) is 19.3 Å². The van der Waals surface area contributed by atoms with Crippen LogP contribution in [0.15, 0.2) is 0 Å². The van der Waals surface area contributed by atoms with Gasteiger partial charge < -0.3 is 30.6 Å². The van der Waals surface area contributed by atoms with Crippen LogP contribution >= 0.6 is 0 Å². The van der Waals surface area contributed by atoms with Gasteiger partial charge in [0.25, 0.3) is 0 Å². The normalized spacial score (nSPS) is 8.35. The van der Waals surface area contributed by atoms with Gasteiger partial charge in [0.15, 0.2) is 0 Å². The molecule has 0 aliphatic heterocycles. The van der Waals surface area contributed by atoms with Crippen LogP contribution in [0, 0.1) is 20.8 Å². The van der Waals surface area contributed by atoms with E-state index in [4.69, 9.17) is 0 Å². The molecule has 0 heterocycles. The number of rotatable bonds is 7. The van der Waals surface area contributed by atoms with E-state index in [1.165, 1.54) is 38.8 Å². The molecule has 4 heteroatoms. The molecule has 0 aromatic carbocycles. The molecule has 0 amide bonds. The molecule has 0 aliphatic rings. The first-order valence-corrected chi connectivity index (χ1v) is 8.54. The zero-order valence-corrected chi connectivity index (χ0v) is 19.5. The Morgan fingerprint density at radius 1 is 0.609 bits per heavy atom. The standard InChI is InChI=1S/C7H18N2.3C4H9.Li.Mg/c1-8(2)6-5-7-9(3)4;3*1-3-4-2;;/h5-7H2,1-4H3;3*1,3-4H2,2H3;;/q;3*-1;+1;+2. The number of unbranched alkanes of at least 4 members (excludes halogenated alkanes) is 3. The summed E-state index contributed by atoms with van der Waals surface area (Å²) in [7, 11) is 8.43. The fourth-order valence-electron chi connectivity index (χ4n) is 0.703. The molecule has 23 heavy (non-hydrogen) atoms. The maximum absolute atomic E-state index is 3.60. The molecular weight excluding hydrogens is 287 g/mol. The van der Waals surface area contributed by atoms with Gasteiger partial charge in [-0.05, 0) is 47.7 Å². The van der Waals surface area contributed by atoms with E-state index < -0.39 is 0 Å². The van der Waals surface area contributed by atoms with Crippen molar-refractivity contribution in [3.8, 4) is 0 Å². The smallest absolute Gasteiger partial charge is 0.343 e. The summed E-state index contributed by atoms with van der Waals surface area (Å²) in [5.74, 6) is 0. The molecule has 0 radical (unpaired) electrons. The summed E-state index contributed by atoms with van der Waals surface area (Å²) in [4.78, 5) is 4.42. The van der Waals surface area contributed by atoms with Crippen molar-refractivity contribution in [1.29, 1.82) is 0 Å². The second-order valence-corrected chi connectivity index (χ2v) is 5.52. The molecule has 0 unspecified atom stereocenters. The van der Waals surface area contributed by atoms with E-state index in [1.54, 1.807) is 0 Å². The summed E-state index contributed by atoms with van der Waals surface area (Å²) in [6.07, 6.45) is 8.10. The average molecular weight is 333 g/mol. The summed E-state index contributed by atoms with van der Waals surface area (Å²) in [6, 6.07) is 0. The molecular formula is C19H45LiMgN2. The van der Waals surface area contributed by atoms with Gasteiger partial charge in [0, 0.05) is 0 Å². The number of hydrogen-bond donors (Lipinski definition) is 0. The molecule has 0 spiro atoms. The third kappa shape index (κ3) is 99.7. The van der Waals surface area contributed by atoms with Crippen LogP contribution in [0.2, 0.25) is 0 Å². The molecule has 0 bridgehead atoms. The minimum Gasteiger partial charge on any atom is -0.343 e. The zero-order valence-electron chi connectivity index (χ0n) is 18.1. The Balaban J connectivity index is -0.0000000444. The van der Waals surface area contributed by atoms with E-state index in [0.29, 0.717) is 0 Å². The molecule has 134 valence electrons. The topological polar surface area (TPSA) is 6.48 Å². The second kappa shape index (κ2) is 43.6. The Bertz CT molecular complexity index is 111. The maximum Gasteiger partial charge on any atom is 2.00 e. The summed E-state index contributed by atoms with van der Waals surface area (Å²) >= 11 is 0. The summed E-state index contributed by atoms with van der Waals surface area (Å²) in [5.41, 5.74) is 0. The average Bonchev–Trinajstić information content (AvgIpc) is 2.47. The van der Waals surface area contributed by atoms with Crippen LogP contribution in [0.3, 0.4) is 0 Å². The Morgan fingerprint density at radius 2 is 0.783 bits per heavy atom. The molecule has 0 rings (SSSR count). The van der Waals surface area contributed by atoms with E-state index in [9.17, 15) is 0 Å². The summed E-state index contributed by atoms with van der Waals surface area (Å²) < 4.78 is 0. The molecule has 0 aromatic heterocycles. The molecule has 0 N–H and O–H groups in total. The third-order valence-corrected chi connectivity index (χ3v) is 2.27. The van der Waals surface area contributed by atoms with Gasteiger partial charge in [0.2, 0.25) is 0 Å². The zero-order chi connectivity index (χ0) is 17.5. The molecule has 0 saturated heterocycles. The fraction of sp³-hybridized carbons (Fsp3) is 0.842. The third-order valence-electron chi connectivity index (χ3n) is 2.27. The molecule has 0 aliphatic carbocycles. The van der Waals surface area contributed by atoms with Crippen molar-refractivity contribution >= 4 is 23.1 Å². The second-order valence-electron chi connectivity index (χ2n) is 5.52. The van der Waals surface area contributed by atoms with Crippen molar-refractivity contribution < 1.29 is 18.9 Å². The van der Waals surface area contributed by atoms with Crippen molar-refractivity contribution in [2.45, 2.75) is 65.7 Å². The largest absolute Gasteiger partial charge is 2.00 e. The molecule has 0 atom stereocenters. The number of hydrogen-bond acceptors (Lipinski definition) is 2. The van der Waals surface area contributed by atoms with Crippen LogP contribution in [0.25, 0.3) is 0 Å². The van der Waals surface area contributed by atoms with Crippen molar-refractivity contribution in [2.75, 3.05) is 41.3 Å². The van der Waals surface area contributed by atoms with Crippen LogP contribution in [-0.2, 0) is 0 Å². The van der Waals surface area contributed by atoms with Crippen LogP contribution in [0.5, 0.6) is 0 Å². The fourth-order valence-corrected chi connectivity index (χ4v) is 0.703. The van der Waals surface area contributed by atoms with Crippen LogP contribution in [0.1, 0.15) is 65.7 Å². The van der Waals surface area contributed by atoms with Crippen molar-refractivity contribution in [3.63, 3.8) is 0 Å². The van der Waals surface area contributed by atoms with Gasteiger partial charge in [-0.25, -0.2) is 0 Å². The van der Waals surface area contributed by atoms with Crippen LogP contribution in [-0.4, -0.2) is 74.1 Å². The van der Waals surface area contributed by atoms with Gasteiger partial charge in [0.05, 0.1) is 0 Å². The Labute approximate surface area is 178 Å². The van der Waals surface area contributed by atoms with E-state index in [2.05, 4.69) is 79.5 Å². The SMILES string of the molecule is CN(C)CCCN(C)C.[CH2-]CCC.[CH2-]CCC.[CH2-]CCC.[Li+].[Mg+2]. The monoisotopic (exact) mass is 332 g/mol. The van der Waals surface area contributed by atoms with Crippen molar-refractivity contribution in [2.24, 2.45) is 0 Å². The van der Waals surface area contributed by atoms with Crippen molar-refractivity contribution in [1.82, 2.24) is 9.80 Å². The van der Waals surface area contributed by atoms with Gasteiger partial charge >= 0.3 is 41.9 Å². The quantitative estimate of drug-likeness (QED) is 0.519. The maximum atomic E-state index is 3.60. The van der Waals surface area contributed by atoms with Crippen molar-refractivity contribution in [3.05, 3.63) is 20.8 Å². The van der Waals surface area contributed by atoms with Crippen LogP contribution < -0.4 is 18.9 Å². The predicted octanol–water partition coefficient (Wildman–Crippen LogP) is 1.98. The van der Waals surface area contributed by atoms with E-state index in [1.807, 2.05) is 0 Å². The summed E-state index contributed by atoms with van der Waals surface area (Å²) in [5, 5.41) is 0. The van der Waals surface area contributed by atoms with E-state index in [-0.39, 0.29) is 41.9 Å². The Kier molecular flexibility index (Phi) is 74.7. The van der Waals surface area contributed by atoms with Gasteiger partial charge in [0.1, 0.15) is 0 Å². The van der Waals surface area contributed by atoms with Gasteiger partial charge in [-0.2, -0.15) is 19.3 Å². The number of nitrogens with zero attached hydrogens (tertiary/aromatic N) is 2. The Hall–Kier alpha value is 1.28. The first kappa shape index (κ1) is 39.4. The van der Waals surface area contributed by atoms with Gasteiger partial charge in [-0.1, -0.05) is 40.0 Å². The first-order chi connectivity index (χ1) is 9.87. The molecule has 0 saturated carbocycles. The first-order valence-electron chi connectivity index (χ1n) is 8.54. The van der Waals surface area contributed by atoms with Gasteiger partial charge in [-0.3, -0.25) is 0 Å². The Morgan fingerprint density at radius 3 is 0.870 bits per heavy atom. The predicted molar refractivity (Wildman–Crippen MR) is 108 cm³/mol. The summed E-state index contributed by atoms with van der Waals surface area (Å²) in [6.45, 7) is 19.6. The molecule has 2 nitrogen and oxygen atoms in total.